The van der Waals surface area contributed by atoms with Crippen LogP contribution >= 0.6 is 0 Å². The first kappa shape index (κ1) is 39.5. The third-order valence-electron chi connectivity index (χ3n) is 8.93. The minimum absolute atomic E-state index is 0.198. The second kappa shape index (κ2) is 17.3. The molecule has 0 saturated heterocycles. The average Bonchev–Trinajstić information content (AvgIpc) is 3.17. The highest BCUT2D eigenvalue weighted by molar-refractivity contribution is 5.86. The Labute approximate surface area is 306 Å². The van der Waals surface area contributed by atoms with Crippen LogP contribution in [0, 0.1) is 20.8 Å². The molecule has 0 bridgehead atoms. The maximum atomic E-state index is 12.4. The zero-order valence-electron chi connectivity index (χ0n) is 30.5. The van der Waals surface area contributed by atoms with Gasteiger partial charge in [-0.2, -0.15) is 0 Å². The smallest absolute Gasteiger partial charge is 0.343 e. The van der Waals surface area contributed by atoms with Crippen molar-refractivity contribution >= 4 is 36.8 Å². The Bertz CT molecular complexity index is 1960. The van der Waals surface area contributed by atoms with Gasteiger partial charge in [-0.25, -0.2) is 14.4 Å². The molecular weight excluding hydrogens is 684 g/mol. The summed E-state index contributed by atoms with van der Waals surface area (Å²) in [6.07, 6.45) is 1.94. The number of carbonyl (C=O) groups is 6. The number of aryl methyl sites for hydroxylation is 3. The maximum Gasteiger partial charge on any atom is 0.343 e. The summed E-state index contributed by atoms with van der Waals surface area (Å²) in [5, 5.41) is 0. The van der Waals surface area contributed by atoms with Crippen molar-refractivity contribution in [2.24, 2.45) is 0 Å². The summed E-state index contributed by atoms with van der Waals surface area (Å²) < 4.78 is 31.0. The van der Waals surface area contributed by atoms with Gasteiger partial charge in [0, 0.05) is 5.41 Å². The van der Waals surface area contributed by atoms with Crippen LogP contribution in [0.4, 0.5) is 0 Å². The Kier molecular flexibility index (Phi) is 12.9. The molecule has 0 aliphatic carbocycles. The van der Waals surface area contributed by atoms with E-state index in [4.69, 9.17) is 23.7 Å². The average molecular weight is 725 g/mol. The van der Waals surface area contributed by atoms with Crippen LogP contribution in [-0.4, -0.2) is 77.9 Å². The highest BCUT2D eigenvalue weighted by atomic mass is 16.6. The zero-order valence-corrected chi connectivity index (χ0v) is 30.5. The van der Waals surface area contributed by atoms with E-state index in [1.807, 2.05) is 49.4 Å². The van der Waals surface area contributed by atoms with E-state index >= 15 is 0 Å². The molecule has 276 valence electrons. The van der Waals surface area contributed by atoms with E-state index in [2.05, 4.69) is 4.74 Å². The molecule has 0 radical (unpaired) electrons. The van der Waals surface area contributed by atoms with Gasteiger partial charge in [-0.05, 0) is 96.5 Å². The van der Waals surface area contributed by atoms with Crippen LogP contribution in [0.1, 0.15) is 71.4 Å². The number of hydrogen-bond donors (Lipinski definition) is 0. The standard InChI is InChI=1S/C41H40O12/c1-24-12-28(15-29(18-42)38(24)51-21-35(45)48-5)27-8-10-32(11-9-27)41(4,33-13-25(2)39(30(16-33)19-43)52-22-36(46)49-6)34-14-26(3)40(31(17-34)20-44)53-23-37(47)50-7/h8-20H,21-23H2,1-7H3. The van der Waals surface area contributed by atoms with Crippen molar-refractivity contribution in [2.75, 3.05) is 41.2 Å². The highest BCUT2D eigenvalue weighted by Crippen LogP contribution is 2.44. The maximum absolute atomic E-state index is 12.4. The van der Waals surface area contributed by atoms with E-state index in [0.29, 0.717) is 46.7 Å². The molecule has 12 heteroatoms. The molecule has 0 N–H and O–H groups in total. The fourth-order valence-corrected chi connectivity index (χ4v) is 6.07. The zero-order chi connectivity index (χ0) is 38.9. The summed E-state index contributed by atoms with van der Waals surface area (Å²) >= 11 is 0. The third kappa shape index (κ3) is 8.61. The number of methoxy groups -OCH3 is 3. The summed E-state index contributed by atoms with van der Waals surface area (Å²) in [4.78, 5) is 72.3. The van der Waals surface area contributed by atoms with Crippen molar-refractivity contribution in [3.63, 3.8) is 0 Å². The number of carbonyl (C=O) groups excluding carboxylic acids is 6. The lowest BCUT2D eigenvalue weighted by Crippen LogP contribution is -2.27. The van der Waals surface area contributed by atoms with E-state index in [0.717, 1.165) is 16.7 Å². The molecule has 0 atom stereocenters. The van der Waals surface area contributed by atoms with Crippen LogP contribution < -0.4 is 14.2 Å². The summed E-state index contributed by atoms with van der Waals surface area (Å²) in [5.41, 5.74) is 5.03. The number of rotatable bonds is 16. The minimum atomic E-state index is -1.01. The van der Waals surface area contributed by atoms with E-state index in [9.17, 15) is 28.8 Å². The quantitative estimate of drug-likeness (QED) is 0.0600. The fourth-order valence-electron chi connectivity index (χ4n) is 6.07. The van der Waals surface area contributed by atoms with Crippen LogP contribution in [-0.2, 0) is 34.0 Å². The van der Waals surface area contributed by atoms with Gasteiger partial charge in [0.1, 0.15) is 17.2 Å². The highest BCUT2D eigenvalue weighted by Gasteiger charge is 2.34. The number of esters is 3. The molecule has 0 fully saturated rings. The largest absolute Gasteiger partial charge is 0.481 e. The molecule has 4 rings (SSSR count). The Balaban J connectivity index is 1.89. The van der Waals surface area contributed by atoms with Gasteiger partial charge >= 0.3 is 17.9 Å². The van der Waals surface area contributed by atoms with Gasteiger partial charge in [0.05, 0.1) is 38.0 Å². The monoisotopic (exact) mass is 724 g/mol. The van der Waals surface area contributed by atoms with Crippen LogP contribution in [0.5, 0.6) is 17.2 Å². The molecule has 0 heterocycles. The number of ether oxygens (including phenoxy) is 6. The molecule has 4 aromatic rings. The van der Waals surface area contributed by atoms with E-state index < -0.39 is 36.5 Å². The number of benzene rings is 4. The van der Waals surface area contributed by atoms with Crippen molar-refractivity contribution in [1.82, 2.24) is 0 Å². The lowest BCUT2D eigenvalue weighted by molar-refractivity contribution is -0.143. The fraction of sp³-hybridized carbons (Fsp3) is 0.268. The van der Waals surface area contributed by atoms with Crippen LogP contribution in [0.3, 0.4) is 0 Å². The Morgan fingerprint density at radius 3 is 1.23 bits per heavy atom. The van der Waals surface area contributed by atoms with Gasteiger partial charge in [0.25, 0.3) is 0 Å². The van der Waals surface area contributed by atoms with E-state index in [-0.39, 0.29) is 40.5 Å². The van der Waals surface area contributed by atoms with Crippen molar-refractivity contribution in [3.8, 4) is 28.4 Å². The van der Waals surface area contributed by atoms with E-state index in [1.54, 1.807) is 39.0 Å². The van der Waals surface area contributed by atoms with Crippen molar-refractivity contribution in [2.45, 2.75) is 33.1 Å². The minimum Gasteiger partial charge on any atom is -0.481 e. The number of aldehydes is 3. The molecule has 0 spiro atoms. The molecule has 0 aliphatic heterocycles. The molecule has 0 saturated carbocycles. The molecule has 0 aliphatic rings. The first-order valence-electron chi connectivity index (χ1n) is 16.3. The molecule has 0 aromatic heterocycles. The third-order valence-corrected chi connectivity index (χ3v) is 8.93. The normalized spacial score (nSPS) is 10.8. The van der Waals surface area contributed by atoms with Gasteiger partial charge < -0.3 is 28.4 Å². The van der Waals surface area contributed by atoms with Gasteiger partial charge in [0.15, 0.2) is 38.7 Å². The molecule has 53 heavy (non-hydrogen) atoms. The first-order chi connectivity index (χ1) is 25.3. The predicted octanol–water partition coefficient (Wildman–Crippen LogP) is 5.73. The molecule has 4 aromatic carbocycles. The Morgan fingerprint density at radius 2 is 0.868 bits per heavy atom. The van der Waals surface area contributed by atoms with Gasteiger partial charge in [-0.15, -0.1) is 0 Å². The summed E-state index contributed by atoms with van der Waals surface area (Å²) in [6, 6.07) is 18.1. The van der Waals surface area contributed by atoms with Crippen LogP contribution in [0.2, 0.25) is 0 Å². The van der Waals surface area contributed by atoms with Crippen molar-refractivity contribution < 1.29 is 57.2 Å². The van der Waals surface area contributed by atoms with Crippen molar-refractivity contribution in [1.29, 1.82) is 0 Å². The van der Waals surface area contributed by atoms with Gasteiger partial charge in [-0.3, -0.25) is 14.4 Å². The Hall–Kier alpha value is -6.30. The van der Waals surface area contributed by atoms with Gasteiger partial charge in [-0.1, -0.05) is 36.4 Å². The molecule has 0 unspecified atom stereocenters. The summed E-state index contributed by atoms with van der Waals surface area (Å²) in [6.45, 7) is 6.09. The number of hydrogen-bond acceptors (Lipinski definition) is 12. The van der Waals surface area contributed by atoms with Crippen LogP contribution in [0.25, 0.3) is 11.1 Å². The second-order valence-corrected chi connectivity index (χ2v) is 12.3. The predicted molar refractivity (Wildman–Crippen MR) is 193 cm³/mol. The SMILES string of the molecule is COC(=O)COc1c(C)cc(-c2ccc(C(C)(c3cc(C)c(OCC(=O)OC)c(C=O)c3)c3cc(C)c(OCC(=O)OC)c(C=O)c3)cc2)cc1C=O. The lowest BCUT2D eigenvalue weighted by Gasteiger charge is -2.34. The summed E-state index contributed by atoms with van der Waals surface area (Å²) in [7, 11) is 3.72. The second-order valence-electron chi connectivity index (χ2n) is 12.3. The summed E-state index contributed by atoms with van der Waals surface area (Å²) in [5.74, 6) is -1.08. The van der Waals surface area contributed by atoms with Gasteiger partial charge in [0.2, 0.25) is 0 Å². The van der Waals surface area contributed by atoms with Crippen LogP contribution in [0.15, 0.2) is 60.7 Å². The first-order valence-corrected chi connectivity index (χ1v) is 16.3. The molecule has 12 nitrogen and oxygen atoms in total. The Morgan fingerprint density at radius 1 is 0.509 bits per heavy atom. The molecule has 0 amide bonds. The topological polar surface area (TPSA) is 158 Å². The van der Waals surface area contributed by atoms with Crippen molar-refractivity contribution in [3.05, 3.63) is 111 Å². The van der Waals surface area contributed by atoms with E-state index in [1.165, 1.54) is 21.3 Å². The lowest BCUT2D eigenvalue weighted by atomic mass is 9.69. The molecular formula is C41H40O12.